The van der Waals surface area contributed by atoms with Gasteiger partial charge in [0.25, 0.3) is 0 Å². The largest absolute Gasteiger partial charge is 0.414 e. The molecule has 148 valence electrons. The Morgan fingerprint density at radius 3 is 2.00 bits per heavy atom. The maximum Gasteiger partial charge on any atom is 0.192 e. The average Bonchev–Trinajstić information content (AvgIpc) is 2.35. The van der Waals surface area contributed by atoms with Gasteiger partial charge in [-0.05, 0) is 58.7 Å². The van der Waals surface area contributed by atoms with Crippen molar-refractivity contribution in [2.45, 2.75) is 116 Å². The zero-order valence-corrected chi connectivity index (χ0v) is 18.9. The quantitative estimate of drug-likeness (QED) is 0.732. The summed E-state index contributed by atoms with van der Waals surface area (Å²) in [6.07, 6.45) is 0.584. The summed E-state index contributed by atoms with van der Waals surface area (Å²) in [6, 6.07) is 0. The predicted octanol–water partition coefficient (Wildman–Crippen LogP) is 4.10. The highest BCUT2D eigenvalue weighted by atomic mass is 28.4. The zero-order chi connectivity index (χ0) is 19.6. The van der Waals surface area contributed by atoms with Gasteiger partial charge in [-0.15, -0.1) is 0 Å². The fourth-order valence-corrected chi connectivity index (χ4v) is 5.78. The molecular weight excluding hydrogens is 332 g/mol. The van der Waals surface area contributed by atoms with Crippen LogP contribution in [0.2, 0.25) is 18.1 Å². The molecule has 0 aliphatic heterocycles. The summed E-state index contributed by atoms with van der Waals surface area (Å²) in [7, 11) is -1.95. The Morgan fingerprint density at radius 2 is 1.56 bits per heavy atom. The first-order valence-corrected chi connectivity index (χ1v) is 12.6. The summed E-state index contributed by atoms with van der Waals surface area (Å²) in [5.41, 5.74) is -1.91. The molecule has 0 amide bonds. The molecule has 4 nitrogen and oxygen atoms in total. The zero-order valence-electron chi connectivity index (χ0n) is 17.9. The lowest BCUT2D eigenvalue weighted by Gasteiger charge is -2.63. The van der Waals surface area contributed by atoms with Crippen molar-refractivity contribution in [2.24, 2.45) is 11.3 Å². The van der Waals surface area contributed by atoms with Crippen LogP contribution in [-0.2, 0) is 9.16 Å². The van der Waals surface area contributed by atoms with E-state index in [4.69, 9.17) is 9.16 Å². The maximum atomic E-state index is 11.1. The van der Waals surface area contributed by atoms with Crippen LogP contribution in [0, 0.1) is 11.3 Å². The highest BCUT2D eigenvalue weighted by molar-refractivity contribution is 6.74. The number of hydrogen-bond donors (Lipinski definition) is 2. The standard InChI is InChI=1S/C20H40O4Si/c1-17(2,3)23-15-11-13-14(24-25(9,10)18(4,5)6)12-19(15,7)16(21)20(13,8)22/h13-16,21-22H,11-12H2,1-10H3/t13-,14+,15+,16-,19-,20+/m1/s1. The topological polar surface area (TPSA) is 58.9 Å². The van der Waals surface area contributed by atoms with Crippen molar-refractivity contribution in [3.05, 3.63) is 0 Å². The van der Waals surface area contributed by atoms with Crippen LogP contribution in [0.4, 0.5) is 0 Å². The monoisotopic (exact) mass is 372 g/mol. The van der Waals surface area contributed by atoms with E-state index in [1.807, 2.05) is 20.8 Å². The summed E-state index contributed by atoms with van der Waals surface area (Å²) >= 11 is 0. The SMILES string of the molecule is CC(C)(C)O[C@H]1C[C@@H]2[C@@H](O[Si](C)(C)C(C)(C)C)C[C@@]1(C)[C@@H](O)[C@@]2(C)O. The third-order valence-corrected chi connectivity index (χ3v) is 11.5. The van der Waals surface area contributed by atoms with Crippen molar-refractivity contribution in [3.8, 4) is 0 Å². The van der Waals surface area contributed by atoms with E-state index in [0.717, 1.165) is 12.8 Å². The molecule has 0 aromatic carbocycles. The van der Waals surface area contributed by atoms with Crippen LogP contribution < -0.4 is 0 Å². The van der Waals surface area contributed by atoms with Gasteiger partial charge in [0.15, 0.2) is 8.32 Å². The minimum Gasteiger partial charge on any atom is -0.414 e. The van der Waals surface area contributed by atoms with Crippen molar-refractivity contribution in [1.82, 2.24) is 0 Å². The average molecular weight is 373 g/mol. The van der Waals surface area contributed by atoms with E-state index in [1.165, 1.54) is 0 Å². The number of hydrogen-bond acceptors (Lipinski definition) is 4. The minimum absolute atomic E-state index is 0.0240. The van der Waals surface area contributed by atoms with Gasteiger partial charge in [0.2, 0.25) is 0 Å². The van der Waals surface area contributed by atoms with Crippen LogP contribution in [-0.4, -0.2) is 48.0 Å². The molecule has 6 atom stereocenters. The summed E-state index contributed by atoms with van der Waals surface area (Å²) in [6.45, 7) is 21.2. The lowest BCUT2D eigenvalue weighted by atomic mass is 9.51. The first kappa shape index (κ1) is 21.4. The molecule has 5 heteroatoms. The fourth-order valence-electron chi connectivity index (χ4n) is 4.42. The molecule has 0 aromatic heterocycles. The Balaban J connectivity index is 2.32. The maximum absolute atomic E-state index is 11.1. The van der Waals surface area contributed by atoms with Crippen molar-refractivity contribution in [2.75, 3.05) is 0 Å². The Morgan fingerprint density at radius 1 is 1.04 bits per heavy atom. The molecule has 0 aromatic rings. The molecule has 0 saturated heterocycles. The number of rotatable bonds is 3. The molecule has 3 aliphatic rings. The van der Waals surface area contributed by atoms with Crippen molar-refractivity contribution in [3.63, 3.8) is 0 Å². The summed E-state index contributed by atoms with van der Waals surface area (Å²) < 4.78 is 13.0. The third kappa shape index (κ3) is 3.72. The minimum atomic E-state index is -1.95. The highest BCUT2D eigenvalue weighted by Gasteiger charge is 2.66. The molecule has 0 spiro atoms. The Bertz CT molecular complexity index is 503. The van der Waals surface area contributed by atoms with Gasteiger partial charge in [-0.1, -0.05) is 27.7 Å². The van der Waals surface area contributed by atoms with E-state index in [2.05, 4.69) is 40.8 Å². The van der Waals surface area contributed by atoms with Gasteiger partial charge < -0.3 is 19.4 Å². The molecule has 0 radical (unpaired) electrons. The molecule has 3 rings (SSSR count). The Kier molecular flexibility index (Phi) is 5.15. The number of fused-ring (bicyclic) bond motifs is 3. The van der Waals surface area contributed by atoms with Gasteiger partial charge >= 0.3 is 0 Å². The molecule has 3 saturated carbocycles. The van der Waals surface area contributed by atoms with E-state index in [-0.39, 0.29) is 28.8 Å². The van der Waals surface area contributed by atoms with Gasteiger partial charge in [-0.25, -0.2) is 0 Å². The van der Waals surface area contributed by atoms with Crippen LogP contribution in [0.3, 0.4) is 0 Å². The lowest BCUT2D eigenvalue weighted by Crippen LogP contribution is -2.72. The van der Waals surface area contributed by atoms with E-state index in [9.17, 15) is 10.2 Å². The van der Waals surface area contributed by atoms with Crippen LogP contribution in [0.25, 0.3) is 0 Å². The third-order valence-electron chi connectivity index (χ3n) is 6.97. The van der Waals surface area contributed by atoms with Gasteiger partial charge in [0, 0.05) is 11.3 Å². The van der Waals surface area contributed by atoms with Crippen molar-refractivity contribution in [1.29, 1.82) is 0 Å². The van der Waals surface area contributed by atoms with E-state index in [0.29, 0.717) is 0 Å². The van der Waals surface area contributed by atoms with Gasteiger partial charge in [0.1, 0.15) is 0 Å². The van der Waals surface area contributed by atoms with Crippen LogP contribution in [0.5, 0.6) is 0 Å². The van der Waals surface area contributed by atoms with Gasteiger partial charge in [-0.3, -0.25) is 0 Å². The summed E-state index contributed by atoms with van der Waals surface area (Å²) in [5, 5.41) is 22.2. The van der Waals surface area contributed by atoms with Crippen LogP contribution in [0.1, 0.15) is 68.2 Å². The summed E-state index contributed by atoms with van der Waals surface area (Å²) in [5.74, 6) is -0.106. The van der Waals surface area contributed by atoms with E-state index < -0.39 is 25.4 Å². The molecule has 25 heavy (non-hydrogen) atoms. The lowest BCUT2D eigenvalue weighted by molar-refractivity contribution is -0.294. The van der Waals surface area contributed by atoms with Crippen molar-refractivity contribution >= 4 is 8.32 Å². The predicted molar refractivity (Wildman–Crippen MR) is 104 cm³/mol. The molecule has 0 heterocycles. The molecule has 3 aliphatic carbocycles. The fraction of sp³-hybridized carbons (Fsp3) is 1.00. The first-order valence-electron chi connectivity index (χ1n) is 9.68. The van der Waals surface area contributed by atoms with Gasteiger partial charge in [0.05, 0.1) is 29.5 Å². The second kappa shape index (κ2) is 6.03. The molecule has 2 N–H and O–H groups in total. The molecule has 2 bridgehead atoms. The Labute approximate surface area is 155 Å². The van der Waals surface area contributed by atoms with Crippen LogP contribution >= 0.6 is 0 Å². The molecular formula is C20H40O4Si. The van der Waals surface area contributed by atoms with Gasteiger partial charge in [-0.2, -0.15) is 0 Å². The first-order chi connectivity index (χ1) is 10.9. The second-order valence-electron chi connectivity index (χ2n) is 11.3. The molecule has 3 fully saturated rings. The highest BCUT2D eigenvalue weighted by Crippen LogP contribution is 2.58. The summed E-state index contributed by atoms with van der Waals surface area (Å²) in [4.78, 5) is 0. The smallest absolute Gasteiger partial charge is 0.192 e. The number of aliphatic hydroxyl groups excluding tert-OH is 1. The Hall–Kier alpha value is 0.0569. The molecule has 0 unspecified atom stereocenters. The van der Waals surface area contributed by atoms with E-state index >= 15 is 0 Å². The number of aliphatic hydroxyl groups is 2. The normalized spacial score (nSPS) is 42.7. The van der Waals surface area contributed by atoms with Crippen molar-refractivity contribution < 1.29 is 19.4 Å². The number of ether oxygens (including phenoxy) is 1. The van der Waals surface area contributed by atoms with E-state index in [1.54, 1.807) is 6.92 Å². The second-order valence-corrected chi connectivity index (χ2v) is 16.1. The van der Waals surface area contributed by atoms with Crippen LogP contribution in [0.15, 0.2) is 0 Å².